The van der Waals surface area contributed by atoms with Crippen LogP contribution in [-0.2, 0) is 13.5 Å². The second-order valence-corrected chi connectivity index (χ2v) is 4.98. The number of aliphatic hydroxyl groups excluding tert-OH is 1. The van der Waals surface area contributed by atoms with E-state index in [0.717, 1.165) is 16.8 Å². The number of aryl methyl sites for hydroxylation is 3. The molecule has 1 atom stereocenters. The average Bonchev–Trinajstić information content (AvgIpc) is 2.53. The van der Waals surface area contributed by atoms with E-state index in [0.29, 0.717) is 11.6 Å². The van der Waals surface area contributed by atoms with Crippen LogP contribution in [0.5, 0.6) is 0 Å². The number of aliphatic hydroxyl groups is 1. The van der Waals surface area contributed by atoms with Crippen molar-refractivity contribution in [1.29, 1.82) is 0 Å². The molecule has 0 aliphatic carbocycles. The summed E-state index contributed by atoms with van der Waals surface area (Å²) in [5, 5.41) is 15.0. The van der Waals surface area contributed by atoms with Gasteiger partial charge >= 0.3 is 0 Å². The van der Waals surface area contributed by atoms with Gasteiger partial charge in [0.15, 0.2) is 0 Å². The molecular weight excluding hydrogens is 248 g/mol. The van der Waals surface area contributed by atoms with Crippen LogP contribution in [0.1, 0.15) is 28.5 Å². The van der Waals surface area contributed by atoms with Crippen molar-refractivity contribution in [3.8, 4) is 0 Å². The molecule has 1 heterocycles. The van der Waals surface area contributed by atoms with Gasteiger partial charge in [0.2, 0.25) is 0 Å². The first kappa shape index (κ1) is 13.1. The molecule has 0 aliphatic rings. The van der Waals surface area contributed by atoms with Crippen LogP contribution >= 0.6 is 11.6 Å². The van der Waals surface area contributed by atoms with E-state index in [1.165, 1.54) is 5.56 Å². The molecule has 0 bridgehead atoms. The van der Waals surface area contributed by atoms with Crippen molar-refractivity contribution in [3.63, 3.8) is 0 Å². The number of hydrogen-bond donors (Lipinski definition) is 1. The lowest BCUT2D eigenvalue weighted by molar-refractivity contribution is 0.178. The van der Waals surface area contributed by atoms with E-state index >= 15 is 0 Å². The van der Waals surface area contributed by atoms with Crippen molar-refractivity contribution in [2.75, 3.05) is 0 Å². The SMILES string of the molecule is Cc1cccc(CC(O)c2c(C)nn(C)c2Cl)c1. The first-order valence-electron chi connectivity index (χ1n) is 5.91. The van der Waals surface area contributed by atoms with Gasteiger partial charge in [-0.3, -0.25) is 4.68 Å². The number of halogens is 1. The summed E-state index contributed by atoms with van der Waals surface area (Å²) in [7, 11) is 1.78. The van der Waals surface area contributed by atoms with Gasteiger partial charge in [-0.1, -0.05) is 41.4 Å². The van der Waals surface area contributed by atoms with Gasteiger partial charge < -0.3 is 5.11 Å². The molecule has 0 fully saturated rings. The Morgan fingerprint density at radius 2 is 2.11 bits per heavy atom. The highest BCUT2D eigenvalue weighted by molar-refractivity contribution is 6.30. The Labute approximate surface area is 112 Å². The van der Waals surface area contributed by atoms with Crippen LogP contribution in [0.3, 0.4) is 0 Å². The lowest BCUT2D eigenvalue weighted by atomic mass is 10.0. The molecule has 2 rings (SSSR count). The van der Waals surface area contributed by atoms with Gasteiger partial charge in [-0.15, -0.1) is 0 Å². The van der Waals surface area contributed by atoms with Crippen LogP contribution in [0, 0.1) is 13.8 Å². The molecule has 2 aromatic rings. The summed E-state index contributed by atoms with van der Waals surface area (Å²) >= 11 is 6.15. The minimum atomic E-state index is -0.618. The monoisotopic (exact) mass is 264 g/mol. The molecule has 4 heteroatoms. The van der Waals surface area contributed by atoms with Gasteiger partial charge in [0.1, 0.15) is 5.15 Å². The molecule has 1 N–H and O–H groups in total. The molecule has 18 heavy (non-hydrogen) atoms. The molecule has 96 valence electrons. The normalized spacial score (nSPS) is 12.7. The smallest absolute Gasteiger partial charge is 0.132 e. The van der Waals surface area contributed by atoms with Gasteiger partial charge in [-0.25, -0.2) is 0 Å². The number of aromatic nitrogens is 2. The molecule has 0 saturated heterocycles. The second kappa shape index (κ2) is 5.12. The van der Waals surface area contributed by atoms with Crippen molar-refractivity contribution in [3.05, 3.63) is 51.8 Å². The molecule has 0 radical (unpaired) electrons. The van der Waals surface area contributed by atoms with Crippen LogP contribution in [0.25, 0.3) is 0 Å². The zero-order chi connectivity index (χ0) is 13.3. The third kappa shape index (κ3) is 2.57. The first-order valence-corrected chi connectivity index (χ1v) is 6.29. The summed E-state index contributed by atoms with van der Waals surface area (Å²) < 4.78 is 1.59. The summed E-state index contributed by atoms with van der Waals surface area (Å²) in [5.74, 6) is 0. The number of rotatable bonds is 3. The number of hydrogen-bond acceptors (Lipinski definition) is 2. The maximum absolute atomic E-state index is 10.3. The van der Waals surface area contributed by atoms with E-state index < -0.39 is 6.10 Å². The zero-order valence-electron chi connectivity index (χ0n) is 10.8. The standard InChI is InChI=1S/C14H17ClN2O/c1-9-5-4-6-11(7-9)8-12(18)13-10(2)16-17(3)14(13)15/h4-7,12,18H,8H2,1-3H3. The highest BCUT2D eigenvalue weighted by atomic mass is 35.5. The largest absolute Gasteiger partial charge is 0.388 e. The quantitative estimate of drug-likeness (QED) is 0.926. The van der Waals surface area contributed by atoms with E-state index in [2.05, 4.69) is 11.2 Å². The van der Waals surface area contributed by atoms with Crippen LogP contribution in [0.15, 0.2) is 24.3 Å². The van der Waals surface area contributed by atoms with Crippen molar-refractivity contribution >= 4 is 11.6 Å². The van der Waals surface area contributed by atoms with Crippen LogP contribution in [0.2, 0.25) is 5.15 Å². The first-order chi connectivity index (χ1) is 8.49. The Morgan fingerprint density at radius 1 is 1.39 bits per heavy atom. The Balaban J connectivity index is 2.24. The molecule has 1 aromatic carbocycles. The Bertz CT molecular complexity index is 563. The highest BCUT2D eigenvalue weighted by Crippen LogP contribution is 2.28. The fourth-order valence-corrected chi connectivity index (χ4v) is 2.49. The summed E-state index contributed by atoms with van der Waals surface area (Å²) in [5.41, 5.74) is 3.79. The lowest BCUT2D eigenvalue weighted by Crippen LogP contribution is -2.03. The highest BCUT2D eigenvalue weighted by Gasteiger charge is 2.19. The number of nitrogens with zero attached hydrogens (tertiary/aromatic N) is 2. The predicted molar refractivity (Wildman–Crippen MR) is 72.8 cm³/mol. The third-order valence-electron chi connectivity index (χ3n) is 3.04. The Morgan fingerprint density at radius 3 is 2.67 bits per heavy atom. The molecule has 0 aliphatic heterocycles. The van der Waals surface area contributed by atoms with E-state index in [1.54, 1.807) is 11.7 Å². The van der Waals surface area contributed by atoms with Crippen molar-refractivity contribution in [2.45, 2.75) is 26.4 Å². The van der Waals surface area contributed by atoms with E-state index in [-0.39, 0.29) is 0 Å². The Hall–Kier alpha value is -1.32. The molecule has 1 aromatic heterocycles. The summed E-state index contributed by atoms with van der Waals surface area (Å²) in [6.45, 7) is 3.90. The van der Waals surface area contributed by atoms with E-state index in [1.807, 2.05) is 32.0 Å². The maximum Gasteiger partial charge on any atom is 0.132 e. The minimum absolute atomic E-state index is 0.507. The summed E-state index contributed by atoms with van der Waals surface area (Å²) in [6.07, 6.45) is -0.0681. The molecule has 3 nitrogen and oxygen atoms in total. The van der Waals surface area contributed by atoms with Crippen molar-refractivity contribution < 1.29 is 5.11 Å². The van der Waals surface area contributed by atoms with Crippen LogP contribution < -0.4 is 0 Å². The van der Waals surface area contributed by atoms with Gasteiger partial charge in [-0.2, -0.15) is 5.10 Å². The molecule has 0 spiro atoms. The van der Waals surface area contributed by atoms with Gasteiger partial charge in [0.25, 0.3) is 0 Å². The van der Waals surface area contributed by atoms with Gasteiger partial charge in [-0.05, 0) is 19.4 Å². The fraction of sp³-hybridized carbons (Fsp3) is 0.357. The van der Waals surface area contributed by atoms with Crippen LogP contribution in [-0.4, -0.2) is 14.9 Å². The van der Waals surface area contributed by atoms with Gasteiger partial charge in [0.05, 0.1) is 11.8 Å². The molecule has 1 unspecified atom stereocenters. The maximum atomic E-state index is 10.3. The molecular formula is C14H17ClN2O. The fourth-order valence-electron chi connectivity index (χ4n) is 2.19. The topological polar surface area (TPSA) is 38.1 Å². The predicted octanol–water partition coefficient (Wildman–Crippen LogP) is 2.97. The van der Waals surface area contributed by atoms with E-state index in [4.69, 9.17) is 11.6 Å². The van der Waals surface area contributed by atoms with Crippen molar-refractivity contribution in [1.82, 2.24) is 9.78 Å². The molecule has 0 saturated carbocycles. The second-order valence-electron chi connectivity index (χ2n) is 4.62. The number of benzene rings is 1. The van der Waals surface area contributed by atoms with Gasteiger partial charge in [0, 0.05) is 19.0 Å². The average molecular weight is 265 g/mol. The van der Waals surface area contributed by atoms with E-state index in [9.17, 15) is 5.11 Å². The summed E-state index contributed by atoms with van der Waals surface area (Å²) in [4.78, 5) is 0. The lowest BCUT2D eigenvalue weighted by Gasteiger charge is -2.11. The zero-order valence-corrected chi connectivity index (χ0v) is 11.6. The Kier molecular flexibility index (Phi) is 3.73. The molecule has 0 amide bonds. The van der Waals surface area contributed by atoms with Crippen LogP contribution in [0.4, 0.5) is 0 Å². The summed E-state index contributed by atoms with van der Waals surface area (Å²) in [6, 6.07) is 8.12. The minimum Gasteiger partial charge on any atom is -0.388 e. The van der Waals surface area contributed by atoms with Crippen molar-refractivity contribution in [2.24, 2.45) is 7.05 Å². The third-order valence-corrected chi connectivity index (χ3v) is 3.49.